The molecule has 2 N–H and O–H groups in total. The first-order valence-corrected chi connectivity index (χ1v) is 8.75. The molecule has 0 aromatic carbocycles. The summed E-state index contributed by atoms with van der Waals surface area (Å²) < 4.78 is 11.2. The van der Waals surface area contributed by atoms with E-state index < -0.39 is 0 Å². The Morgan fingerprint density at radius 3 is 2.65 bits per heavy atom. The molecule has 5 nitrogen and oxygen atoms in total. The molecular formula is C14H25N3O2S. The Labute approximate surface area is 125 Å². The van der Waals surface area contributed by atoms with Gasteiger partial charge in [-0.2, -0.15) is 16.7 Å². The molecule has 1 unspecified atom stereocenters. The predicted molar refractivity (Wildman–Crippen MR) is 80.6 cm³/mol. The molecule has 1 aromatic rings. The van der Waals surface area contributed by atoms with E-state index >= 15 is 0 Å². The third kappa shape index (κ3) is 3.54. The molecule has 6 heteroatoms. The van der Waals surface area contributed by atoms with Crippen LogP contribution in [-0.4, -0.2) is 29.3 Å². The zero-order valence-corrected chi connectivity index (χ0v) is 13.2. The Kier molecular flexibility index (Phi) is 5.86. The van der Waals surface area contributed by atoms with Gasteiger partial charge in [0.2, 0.25) is 11.7 Å². The van der Waals surface area contributed by atoms with Crippen molar-refractivity contribution in [2.75, 3.05) is 19.1 Å². The van der Waals surface area contributed by atoms with Crippen LogP contribution in [0.15, 0.2) is 4.52 Å². The Balaban J connectivity index is 2.12. The predicted octanol–water partition coefficient (Wildman–Crippen LogP) is 3.02. The summed E-state index contributed by atoms with van der Waals surface area (Å²) >= 11 is 1.77. The molecule has 0 bridgehead atoms. The van der Waals surface area contributed by atoms with Gasteiger partial charge in [-0.15, -0.1) is 0 Å². The monoisotopic (exact) mass is 299 g/mol. The maximum absolute atomic E-state index is 6.09. The van der Waals surface area contributed by atoms with Crippen molar-refractivity contribution in [3.8, 4) is 0 Å². The van der Waals surface area contributed by atoms with Gasteiger partial charge in [-0.05, 0) is 31.3 Å². The summed E-state index contributed by atoms with van der Waals surface area (Å²) in [6.45, 7) is 0. The fourth-order valence-corrected chi connectivity index (χ4v) is 3.25. The van der Waals surface area contributed by atoms with Gasteiger partial charge in [0, 0.05) is 7.11 Å². The molecule has 0 aliphatic heterocycles. The molecule has 20 heavy (non-hydrogen) atoms. The van der Waals surface area contributed by atoms with E-state index in [-0.39, 0.29) is 11.6 Å². The Morgan fingerprint density at radius 2 is 2.05 bits per heavy atom. The molecule has 0 radical (unpaired) electrons. The van der Waals surface area contributed by atoms with E-state index in [1.165, 1.54) is 12.8 Å². The number of hydrogen-bond acceptors (Lipinski definition) is 6. The molecular weight excluding hydrogens is 274 g/mol. The van der Waals surface area contributed by atoms with E-state index in [0.29, 0.717) is 11.7 Å². The number of rotatable bonds is 6. The Morgan fingerprint density at radius 1 is 1.35 bits per heavy atom. The highest BCUT2D eigenvalue weighted by Crippen LogP contribution is 2.37. The van der Waals surface area contributed by atoms with Gasteiger partial charge >= 0.3 is 0 Å². The summed E-state index contributed by atoms with van der Waals surface area (Å²) in [5, 5.41) is 4.16. The maximum atomic E-state index is 6.09. The van der Waals surface area contributed by atoms with Crippen LogP contribution in [0.5, 0.6) is 0 Å². The third-order valence-corrected chi connectivity index (χ3v) is 4.75. The lowest BCUT2D eigenvalue weighted by atomic mass is 9.93. The molecule has 2 rings (SSSR count). The van der Waals surface area contributed by atoms with Gasteiger partial charge in [-0.25, -0.2) is 0 Å². The van der Waals surface area contributed by atoms with Gasteiger partial charge in [0.15, 0.2) is 0 Å². The number of methoxy groups -OCH3 is 1. The topological polar surface area (TPSA) is 74.2 Å². The molecule has 1 heterocycles. The van der Waals surface area contributed by atoms with Crippen molar-refractivity contribution in [1.29, 1.82) is 0 Å². The maximum Gasteiger partial charge on any atom is 0.243 e. The van der Waals surface area contributed by atoms with E-state index in [1.807, 2.05) is 0 Å². The second kappa shape index (κ2) is 7.43. The highest BCUT2D eigenvalue weighted by atomic mass is 32.2. The fourth-order valence-electron chi connectivity index (χ4n) is 2.76. The van der Waals surface area contributed by atoms with Crippen LogP contribution in [0.4, 0.5) is 0 Å². The van der Waals surface area contributed by atoms with Crippen LogP contribution < -0.4 is 5.73 Å². The standard InChI is InChI=1S/C14H25N3O2S/c1-18-14(8-5-3-4-6-9-14)13-16-12(19-17-13)11(15)7-10-20-2/h11H,3-10,15H2,1-2H3. The van der Waals surface area contributed by atoms with E-state index in [2.05, 4.69) is 16.4 Å². The van der Waals surface area contributed by atoms with Crippen LogP contribution >= 0.6 is 11.8 Å². The van der Waals surface area contributed by atoms with E-state index in [9.17, 15) is 0 Å². The summed E-state index contributed by atoms with van der Waals surface area (Å²) in [6, 6.07) is -0.177. The lowest BCUT2D eigenvalue weighted by molar-refractivity contribution is -0.0365. The minimum absolute atomic E-state index is 0.177. The van der Waals surface area contributed by atoms with Crippen LogP contribution in [0, 0.1) is 0 Å². The van der Waals surface area contributed by atoms with Crippen molar-refractivity contribution in [3.05, 3.63) is 11.7 Å². The molecule has 1 aliphatic carbocycles. The first-order chi connectivity index (χ1) is 9.72. The summed E-state index contributed by atoms with van der Waals surface area (Å²) in [5.41, 5.74) is 5.71. The Bertz CT molecular complexity index is 403. The summed E-state index contributed by atoms with van der Waals surface area (Å²) in [4.78, 5) is 4.53. The first-order valence-electron chi connectivity index (χ1n) is 7.35. The van der Waals surface area contributed by atoms with Crippen molar-refractivity contribution in [3.63, 3.8) is 0 Å². The minimum atomic E-state index is -0.378. The smallest absolute Gasteiger partial charge is 0.243 e. The highest BCUT2D eigenvalue weighted by molar-refractivity contribution is 7.98. The van der Waals surface area contributed by atoms with E-state index in [1.54, 1.807) is 18.9 Å². The van der Waals surface area contributed by atoms with Gasteiger partial charge in [0.05, 0.1) is 6.04 Å². The number of nitrogens with zero attached hydrogens (tertiary/aromatic N) is 2. The SMILES string of the molecule is COC1(c2noc(C(N)CCSC)n2)CCCCCC1. The van der Waals surface area contributed by atoms with Crippen LogP contribution in [0.1, 0.15) is 62.7 Å². The number of thioether (sulfide) groups is 1. The van der Waals surface area contributed by atoms with Crippen molar-refractivity contribution < 1.29 is 9.26 Å². The molecule has 1 aliphatic rings. The lowest BCUT2D eigenvalue weighted by Gasteiger charge is -2.27. The molecule has 0 spiro atoms. The van der Waals surface area contributed by atoms with Crippen molar-refractivity contribution in [1.82, 2.24) is 10.1 Å². The normalized spacial score (nSPS) is 20.6. The highest BCUT2D eigenvalue weighted by Gasteiger charge is 2.38. The zero-order chi connectivity index (χ0) is 14.4. The molecule has 0 saturated heterocycles. The fraction of sp³-hybridized carbons (Fsp3) is 0.857. The van der Waals surface area contributed by atoms with Crippen LogP contribution in [-0.2, 0) is 10.3 Å². The van der Waals surface area contributed by atoms with Gasteiger partial charge in [0.1, 0.15) is 5.60 Å². The van der Waals surface area contributed by atoms with Gasteiger partial charge < -0.3 is 15.0 Å². The first kappa shape index (κ1) is 15.8. The molecule has 1 atom stereocenters. The molecule has 1 saturated carbocycles. The summed E-state index contributed by atoms with van der Waals surface area (Å²) in [5.74, 6) is 2.21. The Hall–Kier alpha value is -0.590. The van der Waals surface area contributed by atoms with E-state index in [4.69, 9.17) is 15.0 Å². The van der Waals surface area contributed by atoms with Crippen molar-refractivity contribution in [2.45, 2.75) is 56.6 Å². The second-order valence-corrected chi connectivity index (χ2v) is 6.44. The van der Waals surface area contributed by atoms with Crippen LogP contribution in [0.2, 0.25) is 0 Å². The van der Waals surface area contributed by atoms with Crippen LogP contribution in [0.3, 0.4) is 0 Å². The minimum Gasteiger partial charge on any atom is -0.370 e. The summed E-state index contributed by atoms with van der Waals surface area (Å²) in [6.07, 6.45) is 9.64. The molecule has 1 aromatic heterocycles. The molecule has 114 valence electrons. The second-order valence-electron chi connectivity index (χ2n) is 5.46. The number of hydrogen-bond donors (Lipinski definition) is 1. The van der Waals surface area contributed by atoms with Crippen molar-refractivity contribution in [2.24, 2.45) is 5.73 Å². The van der Waals surface area contributed by atoms with Gasteiger partial charge in [-0.3, -0.25) is 0 Å². The average molecular weight is 299 g/mol. The zero-order valence-electron chi connectivity index (χ0n) is 12.4. The molecule has 0 amide bonds. The van der Waals surface area contributed by atoms with E-state index in [0.717, 1.165) is 37.9 Å². The number of aromatic nitrogens is 2. The lowest BCUT2D eigenvalue weighted by Crippen LogP contribution is -2.29. The van der Waals surface area contributed by atoms with Gasteiger partial charge in [0.25, 0.3) is 0 Å². The number of nitrogens with two attached hydrogens (primary N) is 1. The quantitative estimate of drug-likeness (QED) is 0.814. The number of ether oxygens (including phenoxy) is 1. The molecule has 1 fully saturated rings. The summed E-state index contributed by atoms with van der Waals surface area (Å²) in [7, 11) is 1.75. The average Bonchev–Trinajstić information content (AvgIpc) is 2.85. The van der Waals surface area contributed by atoms with Crippen LogP contribution in [0.25, 0.3) is 0 Å². The third-order valence-electron chi connectivity index (χ3n) is 4.10. The largest absolute Gasteiger partial charge is 0.370 e. The van der Waals surface area contributed by atoms with Gasteiger partial charge in [-0.1, -0.05) is 30.8 Å². The van der Waals surface area contributed by atoms with Crippen molar-refractivity contribution >= 4 is 11.8 Å².